The highest BCUT2D eigenvalue weighted by molar-refractivity contribution is 7.92. The van der Waals surface area contributed by atoms with Crippen LogP contribution in [0.2, 0.25) is 0 Å². The highest BCUT2D eigenvalue weighted by Crippen LogP contribution is 2.26. The highest BCUT2D eigenvalue weighted by atomic mass is 32.2. The first-order valence-corrected chi connectivity index (χ1v) is 9.16. The predicted molar refractivity (Wildman–Crippen MR) is 91.6 cm³/mol. The average Bonchev–Trinajstić information content (AvgIpc) is 2.86. The number of carbonyl (C=O) groups is 1. The lowest BCUT2D eigenvalue weighted by atomic mass is 10.2. The molecule has 2 aromatic carbocycles. The quantitative estimate of drug-likeness (QED) is 0.732. The van der Waals surface area contributed by atoms with Crippen LogP contribution in [0.15, 0.2) is 47.4 Å². The Labute approximate surface area is 138 Å². The van der Waals surface area contributed by atoms with Crippen molar-refractivity contribution in [3.05, 3.63) is 53.0 Å². The lowest BCUT2D eigenvalue weighted by molar-refractivity contribution is 0.101. The molecular formula is C16H14N2O3S2. The topological polar surface area (TPSA) is 76.1 Å². The first-order chi connectivity index (χ1) is 10.8. The minimum absolute atomic E-state index is 0.104. The SMILES string of the molecule is CC(=O)c1ccc(S(=O)(=O)Nc2ccc3nc(C)sc3c2)cc1. The molecule has 0 aliphatic rings. The van der Waals surface area contributed by atoms with Gasteiger partial charge >= 0.3 is 0 Å². The van der Waals surface area contributed by atoms with Crippen LogP contribution in [0.1, 0.15) is 22.3 Å². The number of nitrogens with one attached hydrogen (secondary N) is 1. The summed E-state index contributed by atoms with van der Waals surface area (Å²) in [4.78, 5) is 15.7. The molecule has 118 valence electrons. The monoisotopic (exact) mass is 346 g/mol. The molecule has 0 saturated heterocycles. The van der Waals surface area contributed by atoms with Gasteiger partial charge in [0.25, 0.3) is 10.0 Å². The van der Waals surface area contributed by atoms with Crippen molar-refractivity contribution >= 4 is 43.0 Å². The molecule has 1 heterocycles. The molecule has 1 N–H and O–H groups in total. The van der Waals surface area contributed by atoms with Gasteiger partial charge in [-0.1, -0.05) is 12.1 Å². The summed E-state index contributed by atoms with van der Waals surface area (Å²) in [6.07, 6.45) is 0. The molecule has 0 spiro atoms. The van der Waals surface area contributed by atoms with Crippen LogP contribution < -0.4 is 4.72 Å². The van der Waals surface area contributed by atoms with Gasteiger partial charge in [0, 0.05) is 5.56 Å². The van der Waals surface area contributed by atoms with E-state index in [1.807, 2.05) is 6.92 Å². The molecule has 5 nitrogen and oxygen atoms in total. The van der Waals surface area contributed by atoms with Crippen LogP contribution in [0.25, 0.3) is 10.2 Å². The molecule has 0 unspecified atom stereocenters. The number of thiazole rings is 1. The summed E-state index contributed by atoms with van der Waals surface area (Å²) in [7, 11) is -3.69. The number of fused-ring (bicyclic) bond motifs is 1. The summed E-state index contributed by atoms with van der Waals surface area (Å²) < 4.78 is 28.3. The number of rotatable bonds is 4. The van der Waals surface area contributed by atoms with Gasteiger partial charge in [-0.15, -0.1) is 11.3 Å². The van der Waals surface area contributed by atoms with Crippen molar-refractivity contribution in [1.82, 2.24) is 4.98 Å². The van der Waals surface area contributed by atoms with E-state index in [1.165, 1.54) is 42.5 Å². The molecule has 0 radical (unpaired) electrons. The molecule has 3 rings (SSSR count). The number of hydrogen-bond donors (Lipinski definition) is 1. The van der Waals surface area contributed by atoms with Crippen LogP contribution in [0.5, 0.6) is 0 Å². The normalized spacial score (nSPS) is 11.6. The molecule has 0 atom stereocenters. The lowest BCUT2D eigenvalue weighted by Crippen LogP contribution is -2.13. The second-order valence-electron chi connectivity index (χ2n) is 5.10. The first kappa shape index (κ1) is 15.6. The molecule has 0 aliphatic carbocycles. The Kier molecular flexibility index (Phi) is 3.91. The molecule has 3 aromatic rings. The van der Waals surface area contributed by atoms with Gasteiger partial charge in [0.2, 0.25) is 0 Å². The number of aromatic nitrogens is 1. The second-order valence-corrected chi connectivity index (χ2v) is 8.02. The van der Waals surface area contributed by atoms with Gasteiger partial charge in [0.15, 0.2) is 5.78 Å². The van der Waals surface area contributed by atoms with E-state index in [0.717, 1.165) is 15.2 Å². The zero-order chi connectivity index (χ0) is 16.6. The van der Waals surface area contributed by atoms with Crippen molar-refractivity contribution in [2.45, 2.75) is 18.7 Å². The van der Waals surface area contributed by atoms with E-state index >= 15 is 0 Å². The van der Waals surface area contributed by atoms with Crippen molar-refractivity contribution in [3.63, 3.8) is 0 Å². The van der Waals surface area contributed by atoms with E-state index in [2.05, 4.69) is 9.71 Å². The molecular weight excluding hydrogens is 332 g/mol. The lowest BCUT2D eigenvalue weighted by Gasteiger charge is -2.08. The van der Waals surface area contributed by atoms with Gasteiger partial charge in [-0.3, -0.25) is 9.52 Å². The molecule has 7 heteroatoms. The molecule has 0 aliphatic heterocycles. The molecule has 0 fully saturated rings. The molecule has 23 heavy (non-hydrogen) atoms. The van der Waals surface area contributed by atoms with E-state index < -0.39 is 10.0 Å². The number of benzene rings is 2. The van der Waals surface area contributed by atoms with Crippen molar-refractivity contribution in [2.24, 2.45) is 0 Å². The van der Waals surface area contributed by atoms with E-state index in [4.69, 9.17) is 0 Å². The number of nitrogens with zero attached hydrogens (tertiary/aromatic N) is 1. The van der Waals surface area contributed by atoms with E-state index in [9.17, 15) is 13.2 Å². The highest BCUT2D eigenvalue weighted by Gasteiger charge is 2.15. The maximum atomic E-state index is 12.4. The van der Waals surface area contributed by atoms with Gasteiger partial charge in [0.05, 0.1) is 25.8 Å². The number of carbonyl (C=O) groups excluding carboxylic acids is 1. The Balaban J connectivity index is 1.90. The summed E-state index contributed by atoms with van der Waals surface area (Å²) in [6.45, 7) is 3.35. The largest absolute Gasteiger partial charge is 0.295 e. The van der Waals surface area contributed by atoms with Crippen molar-refractivity contribution < 1.29 is 13.2 Å². The Bertz CT molecular complexity index is 990. The predicted octanol–water partition coefficient (Wildman–Crippen LogP) is 3.61. The molecule has 0 bridgehead atoms. The smallest absolute Gasteiger partial charge is 0.261 e. The molecule has 1 aromatic heterocycles. The van der Waals surface area contributed by atoms with Crippen molar-refractivity contribution in [1.29, 1.82) is 0 Å². The fourth-order valence-electron chi connectivity index (χ4n) is 2.19. The third kappa shape index (κ3) is 3.25. The fourth-order valence-corrected chi connectivity index (χ4v) is 4.10. The number of ketones is 1. The van der Waals surface area contributed by atoms with Crippen LogP contribution >= 0.6 is 11.3 Å². The van der Waals surface area contributed by atoms with Gasteiger partial charge in [-0.25, -0.2) is 13.4 Å². The summed E-state index contributed by atoms with van der Waals surface area (Å²) in [5.41, 5.74) is 1.81. The van der Waals surface area contributed by atoms with E-state index in [0.29, 0.717) is 11.3 Å². The molecule has 0 amide bonds. The van der Waals surface area contributed by atoms with Gasteiger partial charge in [-0.05, 0) is 44.2 Å². The Morgan fingerprint density at radius 1 is 1.13 bits per heavy atom. The van der Waals surface area contributed by atoms with Gasteiger partial charge in [0.1, 0.15) is 0 Å². The van der Waals surface area contributed by atoms with Crippen molar-refractivity contribution in [2.75, 3.05) is 4.72 Å². The van der Waals surface area contributed by atoms with Crippen LogP contribution in [-0.4, -0.2) is 19.2 Å². The Morgan fingerprint density at radius 3 is 2.48 bits per heavy atom. The number of sulfonamides is 1. The van der Waals surface area contributed by atoms with Crippen LogP contribution in [-0.2, 0) is 10.0 Å². The zero-order valence-electron chi connectivity index (χ0n) is 12.5. The van der Waals surface area contributed by atoms with E-state index in [1.54, 1.807) is 18.2 Å². The number of aryl methyl sites for hydroxylation is 1. The summed E-state index contributed by atoms with van der Waals surface area (Å²) in [6, 6.07) is 11.1. The third-order valence-electron chi connectivity index (χ3n) is 3.32. The standard InChI is InChI=1S/C16H14N2O3S2/c1-10(19)12-3-6-14(7-4-12)23(20,21)18-13-5-8-15-16(9-13)22-11(2)17-15/h3-9,18H,1-2H3. The van der Waals surface area contributed by atoms with Crippen LogP contribution in [0.4, 0.5) is 5.69 Å². The van der Waals surface area contributed by atoms with Gasteiger partial charge < -0.3 is 0 Å². The Morgan fingerprint density at radius 2 is 1.83 bits per heavy atom. The second kappa shape index (κ2) is 5.75. The first-order valence-electron chi connectivity index (χ1n) is 6.86. The summed E-state index contributed by atoms with van der Waals surface area (Å²) >= 11 is 1.51. The van der Waals surface area contributed by atoms with Gasteiger partial charge in [-0.2, -0.15) is 0 Å². The third-order valence-corrected chi connectivity index (χ3v) is 5.65. The fraction of sp³-hybridized carbons (Fsp3) is 0.125. The van der Waals surface area contributed by atoms with Crippen LogP contribution in [0, 0.1) is 6.92 Å². The van der Waals surface area contributed by atoms with Crippen molar-refractivity contribution in [3.8, 4) is 0 Å². The summed E-state index contributed by atoms with van der Waals surface area (Å²) in [5.74, 6) is -0.104. The number of Topliss-reactive ketones (excluding diaryl/α,β-unsaturated/α-hetero) is 1. The Hall–Kier alpha value is -2.25. The van der Waals surface area contributed by atoms with Crippen LogP contribution in [0.3, 0.4) is 0 Å². The number of hydrogen-bond acceptors (Lipinski definition) is 5. The van der Waals surface area contributed by atoms with E-state index in [-0.39, 0.29) is 10.7 Å². The minimum atomic E-state index is -3.69. The average molecular weight is 346 g/mol. The summed E-state index contributed by atoms with van der Waals surface area (Å²) in [5, 5.41) is 0.930. The minimum Gasteiger partial charge on any atom is -0.295 e. The maximum Gasteiger partial charge on any atom is 0.261 e. The molecule has 0 saturated carbocycles. The maximum absolute atomic E-state index is 12.4. The number of anilines is 1. The zero-order valence-corrected chi connectivity index (χ0v) is 14.2.